The molecular weight excluding hydrogens is 402 g/mol. The zero-order chi connectivity index (χ0) is 22.4. The highest BCUT2D eigenvalue weighted by atomic mass is 16.5. The quantitative estimate of drug-likeness (QED) is 0.721. The van der Waals surface area contributed by atoms with Gasteiger partial charge in [0.15, 0.2) is 11.5 Å². The number of urea groups is 1. The second kappa shape index (κ2) is 10.0. The van der Waals surface area contributed by atoms with Crippen LogP contribution in [0.25, 0.3) is 0 Å². The molecule has 1 heterocycles. The summed E-state index contributed by atoms with van der Waals surface area (Å²) < 4.78 is 26.8. The van der Waals surface area contributed by atoms with E-state index in [2.05, 4.69) is 10.2 Å². The van der Waals surface area contributed by atoms with Crippen molar-refractivity contribution in [2.75, 3.05) is 71.9 Å². The van der Waals surface area contributed by atoms with Gasteiger partial charge in [-0.3, -0.25) is 0 Å². The van der Waals surface area contributed by atoms with E-state index in [0.717, 1.165) is 5.69 Å². The molecule has 1 aliphatic heterocycles. The van der Waals surface area contributed by atoms with Crippen LogP contribution in [0.15, 0.2) is 30.3 Å². The van der Waals surface area contributed by atoms with Gasteiger partial charge in [0, 0.05) is 50.1 Å². The summed E-state index contributed by atoms with van der Waals surface area (Å²) in [7, 11) is 7.91. The van der Waals surface area contributed by atoms with Crippen LogP contribution in [0.5, 0.6) is 28.7 Å². The molecule has 0 aromatic heterocycles. The highest BCUT2D eigenvalue weighted by Crippen LogP contribution is 2.41. The molecule has 2 aromatic rings. The van der Waals surface area contributed by atoms with Crippen molar-refractivity contribution in [2.24, 2.45) is 0 Å². The summed E-state index contributed by atoms with van der Waals surface area (Å²) in [4.78, 5) is 16.7. The average Bonchev–Trinajstić information content (AvgIpc) is 2.83. The van der Waals surface area contributed by atoms with E-state index in [0.29, 0.717) is 60.6 Å². The number of anilines is 2. The van der Waals surface area contributed by atoms with Crippen molar-refractivity contribution in [3.05, 3.63) is 30.3 Å². The lowest BCUT2D eigenvalue weighted by molar-refractivity contribution is 0.208. The van der Waals surface area contributed by atoms with Gasteiger partial charge in [0.25, 0.3) is 0 Å². The first-order valence-corrected chi connectivity index (χ1v) is 9.87. The number of benzene rings is 2. The molecule has 31 heavy (non-hydrogen) atoms. The van der Waals surface area contributed by atoms with Crippen LogP contribution in [0, 0.1) is 0 Å². The van der Waals surface area contributed by atoms with Crippen molar-refractivity contribution < 1.29 is 28.5 Å². The van der Waals surface area contributed by atoms with Gasteiger partial charge < -0.3 is 38.8 Å². The maximum Gasteiger partial charge on any atom is 0.322 e. The number of rotatable bonds is 7. The molecule has 2 amide bonds. The van der Waals surface area contributed by atoms with Gasteiger partial charge in [0.1, 0.15) is 11.5 Å². The first-order valence-electron chi connectivity index (χ1n) is 9.87. The molecule has 1 saturated heterocycles. The lowest BCUT2D eigenvalue weighted by Gasteiger charge is -2.36. The van der Waals surface area contributed by atoms with E-state index in [9.17, 15) is 4.79 Å². The SMILES string of the molecule is COc1ccc(NC(=O)N2CCN(c3cc(OC)c(OC)c(OC)c3)CC2)c(OC)c1. The van der Waals surface area contributed by atoms with Crippen LogP contribution < -0.4 is 33.9 Å². The van der Waals surface area contributed by atoms with Crippen molar-refractivity contribution in [3.63, 3.8) is 0 Å². The Hall–Kier alpha value is -3.49. The van der Waals surface area contributed by atoms with Gasteiger partial charge in [-0.2, -0.15) is 0 Å². The van der Waals surface area contributed by atoms with E-state index < -0.39 is 0 Å². The minimum Gasteiger partial charge on any atom is -0.497 e. The van der Waals surface area contributed by atoms with Crippen LogP contribution in [0.3, 0.4) is 0 Å². The van der Waals surface area contributed by atoms with Gasteiger partial charge in [-0.25, -0.2) is 4.79 Å². The largest absolute Gasteiger partial charge is 0.497 e. The molecule has 1 N–H and O–H groups in total. The molecule has 0 atom stereocenters. The molecular formula is C22H29N3O6. The summed E-state index contributed by atoms with van der Waals surface area (Å²) in [5.41, 5.74) is 1.55. The Balaban J connectivity index is 1.66. The Morgan fingerprint density at radius 3 is 1.90 bits per heavy atom. The number of methoxy groups -OCH3 is 5. The number of piperazine rings is 1. The number of hydrogen-bond acceptors (Lipinski definition) is 7. The number of ether oxygens (including phenoxy) is 5. The fraction of sp³-hybridized carbons (Fsp3) is 0.409. The molecule has 0 spiro atoms. The molecule has 168 valence electrons. The Kier molecular flexibility index (Phi) is 7.17. The second-order valence-corrected chi connectivity index (χ2v) is 6.85. The number of carbonyl (C=O) groups is 1. The third-order valence-corrected chi connectivity index (χ3v) is 5.23. The van der Waals surface area contributed by atoms with Gasteiger partial charge in [0.05, 0.1) is 41.2 Å². The van der Waals surface area contributed by atoms with Crippen LogP contribution in [0.2, 0.25) is 0 Å². The van der Waals surface area contributed by atoms with Gasteiger partial charge >= 0.3 is 6.03 Å². The minimum absolute atomic E-state index is 0.173. The zero-order valence-corrected chi connectivity index (χ0v) is 18.6. The van der Waals surface area contributed by atoms with E-state index in [4.69, 9.17) is 23.7 Å². The predicted molar refractivity (Wildman–Crippen MR) is 118 cm³/mol. The molecule has 2 aromatic carbocycles. The first kappa shape index (κ1) is 22.2. The standard InChI is InChI=1S/C22H29N3O6/c1-27-16-6-7-17(18(14-16)28-2)23-22(26)25-10-8-24(9-11-25)15-12-19(29-3)21(31-5)20(13-15)30-4/h6-7,12-14H,8-11H2,1-5H3,(H,23,26). The molecule has 0 aliphatic carbocycles. The van der Waals surface area contributed by atoms with Crippen molar-refractivity contribution in [3.8, 4) is 28.7 Å². The molecule has 3 rings (SSSR count). The van der Waals surface area contributed by atoms with Crippen LogP contribution in [-0.2, 0) is 0 Å². The molecule has 9 heteroatoms. The maximum atomic E-state index is 12.8. The number of nitrogens with zero attached hydrogens (tertiary/aromatic N) is 2. The lowest BCUT2D eigenvalue weighted by Crippen LogP contribution is -2.50. The molecule has 0 bridgehead atoms. The van der Waals surface area contributed by atoms with Crippen molar-refractivity contribution in [1.82, 2.24) is 4.90 Å². The Labute approximate surface area is 182 Å². The predicted octanol–water partition coefficient (Wildman–Crippen LogP) is 3.08. The molecule has 1 aliphatic rings. The number of carbonyl (C=O) groups excluding carboxylic acids is 1. The van der Waals surface area contributed by atoms with E-state index in [-0.39, 0.29) is 6.03 Å². The second-order valence-electron chi connectivity index (χ2n) is 6.85. The highest BCUT2D eigenvalue weighted by molar-refractivity contribution is 5.91. The molecule has 0 saturated carbocycles. The van der Waals surface area contributed by atoms with Gasteiger partial charge in [-0.1, -0.05) is 0 Å². The highest BCUT2D eigenvalue weighted by Gasteiger charge is 2.24. The number of nitrogens with one attached hydrogen (secondary N) is 1. The molecule has 0 unspecified atom stereocenters. The van der Waals surface area contributed by atoms with Gasteiger partial charge in [0.2, 0.25) is 5.75 Å². The summed E-state index contributed by atoms with van der Waals surface area (Å²) in [5.74, 6) is 2.96. The number of hydrogen-bond donors (Lipinski definition) is 1. The normalized spacial score (nSPS) is 13.5. The van der Waals surface area contributed by atoms with E-state index >= 15 is 0 Å². The topological polar surface area (TPSA) is 81.7 Å². The van der Waals surface area contributed by atoms with E-state index in [1.165, 1.54) is 0 Å². The Morgan fingerprint density at radius 2 is 1.39 bits per heavy atom. The van der Waals surface area contributed by atoms with Crippen LogP contribution in [0.1, 0.15) is 0 Å². The maximum absolute atomic E-state index is 12.8. The van der Waals surface area contributed by atoms with Crippen LogP contribution in [0.4, 0.5) is 16.2 Å². The molecule has 0 radical (unpaired) electrons. The van der Waals surface area contributed by atoms with Gasteiger partial charge in [-0.05, 0) is 12.1 Å². The minimum atomic E-state index is -0.173. The third kappa shape index (κ3) is 4.82. The molecule has 9 nitrogen and oxygen atoms in total. The Morgan fingerprint density at radius 1 is 0.774 bits per heavy atom. The average molecular weight is 431 g/mol. The lowest BCUT2D eigenvalue weighted by atomic mass is 10.2. The molecule has 1 fully saturated rings. The summed E-state index contributed by atoms with van der Waals surface area (Å²) in [6, 6.07) is 8.94. The zero-order valence-electron chi connectivity index (χ0n) is 18.6. The van der Waals surface area contributed by atoms with Crippen molar-refractivity contribution >= 4 is 17.4 Å². The van der Waals surface area contributed by atoms with Crippen LogP contribution in [-0.4, -0.2) is 72.7 Å². The summed E-state index contributed by atoms with van der Waals surface area (Å²) >= 11 is 0. The number of amides is 2. The smallest absolute Gasteiger partial charge is 0.322 e. The summed E-state index contributed by atoms with van der Waals surface area (Å²) in [5, 5.41) is 2.92. The van der Waals surface area contributed by atoms with E-state index in [1.807, 2.05) is 12.1 Å². The summed E-state index contributed by atoms with van der Waals surface area (Å²) in [6.07, 6.45) is 0. The summed E-state index contributed by atoms with van der Waals surface area (Å²) in [6.45, 7) is 2.49. The third-order valence-electron chi connectivity index (χ3n) is 5.23. The van der Waals surface area contributed by atoms with E-state index in [1.54, 1.807) is 58.6 Å². The Bertz CT molecular complexity index is 887. The van der Waals surface area contributed by atoms with Crippen molar-refractivity contribution in [1.29, 1.82) is 0 Å². The first-order chi connectivity index (χ1) is 15.0. The fourth-order valence-corrected chi connectivity index (χ4v) is 3.51. The monoisotopic (exact) mass is 431 g/mol. The van der Waals surface area contributed by atoms with Crippen molar-refractivity contribution in [2.45, 2.75) is 0 Å². The van der Waals surface area contributed by atoms with Gasteiger partial charge in [-0.15, -0.1) is 0 Å². The fourth-order valence-electron chi connectivity index (χ4n) is 3.51. The van der Waals surface area contributed by atoms with Crippen LogP contribution >= 0.6 is 0 Å².